The van der Waals surface area contributed by atoms with Gasteiger partial charge in [-0.2, -0.15) is 0 Å². The highest BCUT2D eigenvalue weighted by molar-refractivity contribution is 5.40. The molecule has 4 heteroatoms. The molecule has 0 aromatic heterocycles. The third-order valence-electron chi connectivity index (χ3n) is 4.20. The Morgan fingerprint density at radius 1 is 1.38 bits per heavy atom. The van der Waals surface area contributed by atoms with E-state index in [0.29, 0.717) is 0 Å². The normalized spacial score (nSPS) is 19.0. The third-order valence-corrected chi connectivity index (χ3v) is 4.20. The largest absolute Gasteiger partial charge is 0.399 e. The van der Waals surface area contributed by atoms with E-state index in [-0.39, 0.29) is 6.10 Å². The molecular weight excluding hydrogens is 262 g/mol. The summed E-state index contributed by atoms with van der Waals surface area (Å²) in [6.07, 6.45) is 2.25. The van der Waals surface area contributed by atoms with Crippen LogP contribution in [-0.4, -0.2) is 54.2 Å². The molecule has 0 aliphatic carbocycles. The number of aliphatic hydroxyl groups excluding tert-OH is 1. The average molecular weight is 291 g/mol. The summed E-state index contributed by atoms with van der Waals surface area (Å²) in [5, 5.41) is 9.44. The van der Waals surface area contributed by atoms with Crippen LogP contribution in [-0.2, 0) is 6.54 Å². The van der Waals surface area contributed by atoms with Gasteiger partial charge in [-0.05, 0) is 63.5 Å². The van der Waals surface area contributed by atoms with Gasteiger partial charge in [0.1, 0.15) is 0 Å². The van der Waals surface area contributed by atoms with Crippen LogP contribution in [0.1, 0.15) is 25.3 Å². The van der Waals surface area contributed by atoms with Gasteiger partial charge >= 0.3 is 0 Å². The SMILES string of the molecule is CC(O)CN1CCC(CN(C)Cc2cccc(N)c2)CC1. The molecule has 4 nitrogen and oxygen atoms in total. The van der Waals surface area contributed by atoms with Crippen LogP contribution >= 0.6 is 0 Å². The second-order valence-corrected chi connectivity index (χ2v) is 6.53. The number of benzene rings is 1. The molecule has 118 valence electrons. The number of anilines is 1. The summed E-state index contributed by atoms with van der Waals surface area (Å²) in [4.78, 5) is 4.77. The van der Waals surface area contributed by atoms with Crippen molar-refractivity contribution in [3.8, 4) is 0 Å². The number of nitrogens with zero attached hydrogens (tertiary/aromatic N) is 2. The fraction of sp³-hybridized carbons (Fsp3) is 0.647. The Hall–Kier alpha value is -1.10. The van der Waals surface area contributed by atoms with Gasteiger partial charge in [-0.25, -0.2) is 0 Å². The summed E-state index contributed by atoms with van der Waals surface area (Å²) in [7, 11) is 2.19. The molecule has 0 amide bonds. The van der Waals surface area contributed by atoms with E-state index in [9.17, 15) is 5.11 Å². The lowest BCUT2D eigenvalue weighted by atomic mass is 9.96. The zero-order chi connectivity index (χ0) is 15.2. The molecule has 2 rings (SSSR count). The van der Waals surface area contributed by atoms with E-state index in [1.54, 1.807) is 0 Å². The topological polar surface area (TPSA) is 52.7 Å². The maximum atomic E-state index is 9.44. The maximum absolute atomic E-state index is 9.44. The van der Waals surface area contributed by atoms with Gasteiger partial charge in [0.2, 0.25) is 0 Å². The molecule has 1 aromatic carbocycles. The third kappa shape index (κ3) is 5.65. The average Bonchev–Trinajstić information content (AvgIpc) is 2.40. The number of rotatable bonds is 6. The van der Waals surface area contributed by atoms with Crippen LogP contribution in [0.2, 0.25) is 0 Å². The number of piperidine rings is 1. The number of likely N-dealkylation sites (tertiary alicyclic amines) is 1. The van der Waals surface area contributed by atoms with Crippen LogP contribution in [0, 0.1) is 5.92 Å². The van der Waals surface area contributed by atoms with E-state index in [4.69, 9.17) is 5.73 Å². The molecular formula is C17H29N3O. The number of aliphatic hydroxyl groups is 1. The van der Waals surface area contributed by atoms with Crippen LogP contribution in [0.25, 0.3) is 0 Å². The lowest BCUT2D eigenvalue weighted by molar-refractivity contribution is 0.0919. The second-order valence-electron chi connectivity index (χ2n) is 6.53. The summed E-state index contributed by atoms with van der Waals surface area (Å²) in [6, 6.07) is 8.15. The quantitative estimate of drug-likeness (QED) is 0.785. The van der Waals surface area contributed by atoms with Crippen molar-refractivity contribution < 1.29 is 5.11 Å². The van der Waals surface area contributed by atoms with Gasteiger partial charge < -0.3 is 20.6 Å². The number of nitrogen functional groups attached to an aromatic ring is 1. The van der Waals surface area contributed by atoms with E-state index in [1.807, 2.05) is 19.1 Å². The number of hydrogen-bond acceptors (Lipinski definition) is 4. The number of β-amino-alcohol motifs (C(OH)–C–C–N with tert-alkyl or cyclic N) is 1. The minimum atomic E-state index is -0.215. The van der Waals surface area contributed by atoms with E-state index in [2.05, 4.69) is 29.0 Å². The molecule has 1 unspecified atom stereocenters. The fourth-order valence-electron chi connectivity index (χ4n) is 3.23. The predicted molar refractivity (Wildman–Crippen MR) is 88.0 cm³/mol. The van der Waals surface area contributed by atoms with E-state index >= 15 is 0 Å². The van der Waals surface area contributed by atoms with Crippen LogP contribution in [0.15, 0.2) is 24.3 Å². The van der Waals surface area contributed by atoms with Gasteiger partial charge in [0.05, 0.1) is 6.10 Å². The van der Waals surface area contributed by atoms with Crippen LogP contribution < -0.4 is 5.73 Å². The van der Waals surface area contributed by atoms with Crippen molar-refractivity contribution >= 4 is 5.69 Å². The molecule has 1 saturated heterocycles. The van der Waals surface area contributed by atoms with Crippen molar-refractivity contribution in [1.82, 2.24) is 9.80 Å². The lowest BCUT2D eigenvalue weighted by Crippen LogP contribution is -2.40. The summed E-state index contributed by atoms with van der Waals surface area (Å²) in [5.74, 6) is 0.765. The highest BCUT2D eigenvalue weighted by Gasteiger charge is 2.21. The van der Waals surface area contributed by atoms with Crippen LogP contribution in [0.5, 0.6) is 0 Å². The Morgan fingerprint density at radius 3 is 2.71 bits per heavy atom. The highest BCUT2D eigenvalue weighted by Crippen LogP contribution is 2.19. The minimum absolute atomic E-state index is 0.215. The standard InChI is InChI=1S/C17H29N3O/c1-14(21)11-20-8-6-15(7-9-20)12-19(2)13-16-4-3-5-17(18)10-16/h3-5,10,14-15,21H,6-9,11-13,18H2,1-2H3. The molecule has 0 saturated carbocycles. The Balaban J connectivity index is 1.73. The van der Waals surface area contributed by atoms with E-state index in [0.717, 1.165) is 44.3 Å². The molecule has 1 aromatic rings. The molecule has 0 radical (unpaired) electrons. The van der Waals surface area contributed by atoms with E-state index in [1.165, 1.54) is 18.4 Å². The first-order valence-corrected chi connectivity index (χ1v) is 7.96. The molecule has 1 fully saturated rings. The summed E-state index contributed by atoms with van der Waals surface area (Å²) in [5.41, 5.74) is 7.95. The first kappa shape index (κ1) is 16.3. The Bertz CT molecular complexity index is 428. The smallest absolute Gasteiger partial charge is 0.0639 e. The van der Waals surface area contributed by atoms with Crippen molar-refractivity contribution in [3.05, 3.63) is 29.8 Å². The fourth-order valence-corrected chi connectivity index (χ4v) is 3.23. The molecule has 1 heterocycles. The number of nitrogens with two attached hydrogens (primary N) is 1. The van der Waals surface area contributed by atoms with Gasteiger partial charge in [-0.15, -0.1) is 0 Å². The predicted octanol–water partition coefficient (Wildman–Crippen LogP) is 1.79. The van der Waals surface area contributed by atoms with Gasteiger partial charge in [-0.3, -0.25) is 0 Å². The second kappa shape index (κ2) is 7.78. The molecule has 3 N–H and O–H groups in total. The van der Waals surface area contributed by atoms with Gasteiger partial charge in [0, 0.05) is 25.3 Å². The molecule has 0 spiro atoms. The minimum Gasteiger partial charge on any atom is -0.399 e. The van der Waals surface area contributed by atoms with Gasteiger partial charge in [-0.1, -0.05) is 12.1 Å². The Labute approximate surface area is 128 Å². The molecule has 21 heavy (non-hydrogen) atoms. The summed E-state index contributed by atoms with van der Waals surface area (Å²) < 4.78 is 0. The van der Waals surface area contributed by atoms with Crippen LogP contribution in [0.3, 0.4) is 0 Å². The zero-order valence-corrected chi connectivity index (χ0v) is 13.3. The summed E-state index contributed by atoms with van der Waals surface area (Å²) >= 11 is 0. The first-order valence-electron chi connectivity index (χ1n) is 7.96. The van der Waals surface area contributed by atoms with Crippen molar-refractivity contribution in [2.24, 2.45) is 5.92 Å². The van der Waals surface area contributed by atoms with E-state index < -0.39 is 0 Å². The molecule has 1 aliphatic rings. The summed E-state index contributed by atoms with van der Waals surface area (Å²) in [6.45, 7) is 7.00. The van der Waals surface area contributed by atoms with Crippen molar-refractivity contribution in [3.63, 3.8) is 0 Å². The monoisotopic (exact) mass is 291 g/mol. The highest BCUT2D eigenvalue weighted by atomic mass is 16.3. The van der Waals surface area contributed by atoms with Crippen molar-refractivity contribution in [2.75, 3.05) is 39.0 Å². The Kier molecular flexibility index (Phi) is 6.03. The maximum Gasteiger partial charge on any atom is 0.0639 e. The van der Waals surface area contributed by atoms with Crippen molar-refractivity contribution in [1.29, 1.82) is 0 Å². The zero-order valence-electron chi connectivity index (χ0n) is 13.3. The van der Waals surface area contributed by atoms with Crippen molar-refractivity contribution in [2.45, 2.75) is 32.4 Å². The lowest BCUT2D eigenvalue weighted by Gasteiger charge is -2.34. The molecule has 1 atom stereocenters. The van der Waals surface area contributed by atoms with Gasteiger partial charge in [0.25, 0.3) is 0 Å². The van der Waals surface area contributed by atoms with Crippen LogP contribution in [0.4, 0.5) is 5.69 Å². The Morgan fingerprint density at radius 2 is 2.10 bits per heavy atom. The molecule has 0 bridgehead atoms. The first-order chi connectivity index (χ1) is 10.0. The number of hydrogen-bond donors (Lipinski definition) is 2. The van der Waals surface area contributed by atoms with Gasteiger partial charge in [0.15, 0.2) is 0 Å². The molecule has 1 aliphatic heterocycles.